The average Bonchev–Trinajstić information content (AvgIpc) is 2.18. The monoisotopic (exact) mass is 193 g/mol. The van der Waals surface area contributed by atoms with E-state index in [-0.39, 0.29) is 0 Å². The lowest BCUT2D eigenvalue weighted by molar-refractivity contribution is -0.142. The van der Waals surface area contributed by atoms with Gasteiger partial charge in [-0.05, 0) is 5.56 Å². The Bertz CT molecular complexity index is 308. The standard InChI is InChI=1S/C10H11NO3/c12-10(13)8-14-11-7-6-9-4-2-1-3-5-9/h1-5,7H,6,8H2,(H,12,13). The number of nitrogens with zero attached hydrogens (tertiary/aromatic N) is 1. The number of carbonyl (C=O) groups is 1. The van der Waals surface area contributed by atoms with Gasteiger partial charge in [-0.1, -0.05) is 35.5 Å². The van der Waals surface area contributed by atoms with Gasteiger partial charge in [0.15, 0.2) is 0 Å². The Balaban J connectivity index is 2.24. The minimum Gasteiger partial charge on any atom is -0.479 e. The van der Waals surface area contributed by atoms with Gasteiger partial charge in [0.05, 0.1) is 0 Å². The molecule has 0 aromatic heterocycles. The first kappa shape index (κ1) is 10.2. The van der Waals surface area contributed by atoms with E-state index in [1.807, 2.05) is 30.3 Å². The zero-order valence-electron chi connectivity index (χ0n) is 7.59. The van der Waals surface area contributed by atoms with Crippen LogP contribution in [0.3, 0.4) is 0 Å². The van der Waals surface area contributed by atoms with Gasteiger partial charge in [-0.3, -0.25) is 0 Å². The van der Waals surface area contributed by atoms with Gasteiger partial charge in [0.2, 0.25) is 6.61 Å². The van der Waals surface area contributed by atoms with Crippen molar-refractivity contribution in [3.8, 4) is 0 Å². The number of carboxylic acids is 1. The highest BCUT2D eigenvalue weighted by Gasteiger charge is 1.93. The lowest BCUT2D eigenvalue weighted by Crippen LogP contribution is -2.03. The second kappa shape index (κ2) is 5.75. The Morgan fingerprint density at radius 2 is 2.14 bits per heavy atom. The summed E-state index contributed by atoms with van der Waals surface area (Å²) in [7, 11) is 0. The van der Waals surface area contributed by atoms with Gasteiger partial charge in [0, 0.05) is 12.6 Å². The van der Waals surface area contributed by atoms with Gasteiger partial charge in [-0.2, -0.15) is 0 Å². The highest BCUT2D eigenvalue weighted by Crippen LogP contribution is 1.97. The van der Waals surface area contributed by atoms with Crippen molar-refractivity contribution in [3.63, 3.8) is 0 Å². The topological polar surface area (TPSA) is 58.9 Å². The SMILES string of the molecule is O=C(O)CON=CCc1ccccc1. The molecule has 1 N–H and O–H groups in total. The molecule has 0 saturated heterocycles. The van der Waals surface area contributed by atoms with E-state index in [1.165, 1.54) is 6.21 Å². The average molecular weight is 193 g/mol. The van der Waals surface area contributed by atoms with E-state index in [2.05, 4.69) is 9.99 Å². The molecule has 4 heteroatoms. The molecule has 1 aromatic carbocycles. The van der Waals surface area contributed by atoms with Crippen molar-refractivity contribution in [2.45, 2.75) is 6.42 Å². The fourth-order valence-electron chi connectivity index (χ4n) is 0.902. The molecule has 0 aliphatic rings. The van der Waals surface area contributed by atoms with Crippen molar-refractivity contribution in [2.24, 2.45) is 5.16 Å². The van der Waals surface area contributed by atoms with Crippen LogP contribution < -0.4 is 0 Å². The van der Waals surface area contributed by atoms with Crippen molar-refractivity contribution in [3.05, 3.63) is 35.9 Å². The fourth-order valence-corrected chi connectivity index (χ4v) is 0.902. The molecule has 0 amide bonds. The van der Waals surface area contributed by atoms with Crippen molar-refractivity contribution in [1.82, 2.24) is 0 Å². The van der Waals surface area contributed by atoms with Crippen molar-refractivity contribution < 1.29 is 14.7 Å². The Kier molecular flexibility index (Phi) is 4.20. The highest BCUT2D eigenvalue weighted by atomic mass is 16.6. The summed E-state index contributed by atoms with van der Waals surface area (Å²) < 4.78 is 0. The maximum Gasteiger partial charge on any atom is 0.344 e. The Labute approximate surface area is 81.8 Å². The molecular formula is C10H11NO3. The number of benzene rings is 1. The van der Waals surface area contributed by atoms with Gasteiger partial charge in [-0.15, -0.1) is 0 Å². The molecule has 0 unspecified atom stereocenters. The first-order valence-electron chi connectivity index (χ1n) is 4.18. The molecule has 0 atom stereocenters. The number of oxime groups is 1. The minimum absolute atomic E-state index is 0.398. The molecule has 0 heterocycles. The van der Waals surface area contributed by atoms with E-state index in [0.29, 0.717) is 6.42 Å². The zero-order valence-corrected chi connectivity index (χ0v) is 7.59. The summed E-state index contributed by atoms with van der Waals surface area (Å²) in [5, 5.41) is 11.7. The first-order valence-corrected chi connectivity index (χ1v) is 4.18. The Hall–Kier alpha value is -1.84. The third kappa shape index (κ3) is 4.25. The largest absolute Gasteiger partial charge is 0.479 e. The molecule has 4 nitrogen and oxygen atoms in total. The van der Waals surface area contributed by atoms with Gasteiger partial charge >= 0.3 is 5.97 Å². The number of aliphatic carboxylic acids is 1. The molecule has 0 radical (unpaired) electrons. The Morgan fingerprint density at radius 3 is 2.79 bits per heavy atom. The van der Waals surface area contributed by atoms with Crippen LogP contribution in [0.2, 0.25) is 0 Å². The van der Waals surface area contributed by atoms with E-state index in [0.717, 1.165) is 5.56 Å². The summed E-state index contributed by atoms with van der Waals surface area (Å²) in [6, 6.07) is 9.72. The molecular weight excluding hydrogens is 182 g/mol. The minimum atomic E-state index is -1.03. The molecule has 1 rings (SSSR count). The lowest BCUT2D eigenvalue weighted by Gasteiger charge is -1.94. The summed E-state index contributed by atoms with van der Waals surface area (Å²) in [6.07, 6.45) is 2.18. The van der Waals surface area contributed by atoms with Crippen LogP contribution in [0.15, 0.2) is 35.5 Å². The number of hydrogen-bond acceptors (Lipinski definition) is 3. The Morgan fingerprint density at radius 1 is 1.43 bits per heavy atom. The molecule has 0 aliphatic carbocycles. The normalized spacial score (nSPS) is 10.3. The summed E-state index contributed by atoms with van der Waals surface area (Å²) >= 11 is 0. The summed E-state index contributed by atoms with van der Waals surface area (Å²) in [5.41, 5.74) is 1.11. The van der Waals surface area contributed by atoms with Crippen molar-refractivity contribution in [1.29, 1.82) is 0 Å². The van der Waals surface area contributed by atoms with E-state index in [9.17, 15) is 4.79 Å². The van der Waals surface area contributed by atoms with E-state index < -0.39 is 12.6 Å². The van der Waals surface area contributed by atoms with E-state index in [1.54, 1.807) is 0 Å². The zero-order chi connectivity index (χ0) is 10.2. The molecule has 0 spiro atoms. The summed E-state index contributed by atoms with van der Waals surface area (Å²) in [5.74, 6) is -1.03. The van der Waals surface area contributed by atoms with Crippen molar-refractivity contribution >= 4 is 12.2 Å². The number of carboxylic acid groups (broad SMARTS) is 1. The van der Waals surface area contributed by atoms with Gasteiger partial charge < -0.3 is 9.94 Å². The fraction of sp³-hybridized carbons (Fsp3) is 0.200. The van der Waals surface area contributed by atoms with Gasteiger partial charge in [0.25, 0.3) is 0 Å². The van der Waals surface area contributed by atoms with Crippen LogP contribution in [0, 0.1) is 0 Å². The second-order valence-corrected chi connectivity index (χ2v) is 2.64. The van der Waals surface area contributed by atoms with Crippen LogP contribution in [0.4, 0.5) is 0 Å². The number of hydrogen-bond donors (Lipinski definition) is 1. The summed E-state index contributed by atoms with van der Waals surface area (Å²) in [4.78, 5) is 14.5. The molecule has 14 heavy (non-hydrogen) atoms. The van der Waals surface area contributed by atoms with Crippen LogP contribution in [0.25, 0.3) is 0 Å². The van der Waals surface area contributed by atoms with Gasteiger partial charge in [-0.25, -0.2) is 4.79 Å². The third-order valence-corrected chi connectivity index (χ3v) is 1.51. The molecule has 0 fully saturated rings. The van der Waals surface area contributed by atoms with Crippen LogP contribution in [0.1, 0.15) is 5.56 Å². The predicted octanol–water partition coefficient (Wildman–Crippen LogP) is 1.32. The highest BCUT2D eigenvalue weighted by molar-refractivity contribution is 5.68. The lowest BCUT2D eigenvalue weighted by atomic mass is 10.2. The van der Waals surface area contributed by atoms with Crippen LogP contribution in [0.5, 0.6) is 0 Å². The predicted molar refractivity (Wildman–Crippen MR) is 52.2 cm³/mol. The van der Waals surface area contributed by atoms with E-state index in [4.69, 9.17) is 5.11 Å². The third-order valence-electron chi connectivity index (χ3n) is 1.51. The second-order valence-electron chi connectivity index (χ2n) is 2.64. The molecule has 0 bridgehead atoms. The van der Waals surface area contributed by atoms with E-state index >= 15 is 0 Å². The maximum atomic E-state index is 10.0. The van der Waals surface area contributed by atoms with Crippen LogP contribution in [-0.2, 0) is 16.1 Å². The summed E-state index contributed by atoms with van der Waals surface area (Å²) in [6.45, 7) is -0.398. The van der Waals surface area contributed by atoms with Crippen LogP contribution in [-0.4, -0.2) is 23.9 Å². The molecule has 1 aromatic rings. The first-order chi connectivity index (χ1) is 6.79. The molecule has 0 aliphatic heterocycles. The number of rotatable bonds is 5. The molecule has 74 valence electrons. The van der Waals surface area contributed by atoms with Gasteiger partial charge in [0.1, 0.15) is 0 Å². The smallest absolute Gasteiger partial charge is 0.344 e. The quantitative estimate of drug-likeness (QED) is 0.566. The van der Waals surface area contributed by atoms with Crippen molar-refractivity contribution in [2.75, 3.05) is 6.61 Å². The van der Waals surface area contributed by atoms with Crippen LogP contribution >= 0.6 is 0 Å². The molecule has 0 saturated carbocycles. The maximum absolute atomic E-state index is 10.0.